The molecule has 0 aromatic rings. The van der Waals surface area contributed by atoms with E-state index in [1.807, 2.05) is 0 Å². The van der Waals surface area contributed by atoms with Crippen molar-refractivity contribution in [1.82, 2.24) is 0 Å². The highest BCUT2D eigenvalue weighted by Crippen LogP contribution is 1.96. The van der Waals surface area contributed by atoms with Gasteiger partial charge in [0.15, 0.2) is 0 Å². The second kappa shape index (κ2) is 5.90. The number of esters is 1. The Hall–Kier alpha value is -0.660. The molecule has 0 N–H and O–H groups in total. The molecule has 0 saturated heterocycles. The minimum absolute atomic E-state index is 0.0238. The molecule has 78 valence electrons. The number of carbonyl (C=O) groups excluding carboxylic acids is 1. The van der Waals surface area contributed by atoms with Crippen molar-refractivity contribution in [3.05, 3.63) is 0 Å². The maximum atomic E-state index is 10.7. The third kappa shape index (κ3) is 6.50. The quantitative estimate of drug-likeness (QED) is 0.462. The SMILES string of the molecule is CCOS(=O)(=O)OCOC(=O)CC. The molecular formula is C6H12O6S. The third-order valence-corrected chi connectivity index (χ3v) is 1.87. The predicted octanol–water partition coefficient (Wildman–Crippen LogP) is 0.195. The van der Waals surface area contributed by atoms with Crippen LogP contribution in [0, 0.1) is 0 Å². The Bertz CT molecular complexity index is 244. The molecule has 0 aliphatic carbocycles. The van der Waals surface area contributed by atoms with Crippen LogP contribution in [0.2, 0.25) is 0 Å². The lowest BCUT2D eigenvalue weighted by molar-refractivity contribution is -0.149. The van der Waals surface area contributed by atoms with Gasteiger partial charge in [0.1, 0.15) is 0 Å². The molecule has 0 rings (SSSR count). The van der Waals surface area contributed by atoms with E-state index >= 15 is 0 Å². The van der Waals surface area contributed by atoms with E-state index in [9.17, 15) is 13.2 Å². The summed E-state index contributed by atoms with van der Waals surface area (Å²) in [4.78, 5) is 10.5. The minimum Gasteiger partial charge on any atom is -0.437 e. The monoisotopic (exact) mass is 212 g/mol. The maximum absolute atomic E-state index is 10.7. The zero-order chi connectivity index (χ0) is 10.3. The summed E-state index contributed by atoms with van der Waals surface area (Å²) in [7, 11) is -4.01. The van der Waals surface area contributed by atoms with Crippen molar-refractivity contribution in [3.8, 4) is 0 Å². The molecule has 0 saturated carbocycles. The van der Waals surface area contributed by atoms with Gasteiger partial charge in [-0.3, -0.25) is 4.79 Å². The van der Waals surface area contributed by atoms with Crippen LogP contribution in [0.15, 0.2) is 0 Å². The Balaban J connectivity index is 3.70. The van der Waals surface area contributed by atoms with Gasteiger partial charge in [0.25, 0.3) is 0 Å². The fourth-order valence-electron chi connectivity index (χ4n) is 0.429. The van der Waals surface area contributed by atoms with Crippen LogP contribution in [0.3, 0.4) is 0 Å². The number of hydrogen-bond donors (Lipinski definition) is 0. The molecule has 0 unspecified atom stereocenters. The Labute approximate surface area is 77.1 Å². The van der Waals surface area contributed by atoms with Gasteiger partial charge < -0.3 is 4.74 Å². The van der Waals surface area contributed by atoms with Crippen molar-refractivity contribution in [2.75, 3.05) is 13.4 Å². The average Bonchev–Trinajstić information content (AvgIpc) is 2.03. The van der Waals surface area contributed by atoms with Gasteiger partial charge in [0.2, 0.25) is 6.79 Å². The lowest BCUT2D eigenvalue weighted by Crippen LogP contribution is -2.14. The van der Waals surface area contributed by atoms with Gasteiger partial charge in [-0.25, -0.2) is 8.37 Å². The summed E-state index contributed by atoms with van der Waals surface area (Å²) in [5.41, 5.74) is 0. The summed E-state index contributed by atoms with van der Waals surface area (Å²) in [5.74, 6) is -0.535. The molecule has 0 heterocycles. The molecule has 7 heteroatoms. The van der Waals surface area contributed by atoms with E-state index in [4.69, 9.17) is 0 Å². The molecule has 0 spiro atoms. The maximum Gasteiger partial charge on any atom is 0.402 e. The van der Waals surface area contributed by atoms with Gasteiger partial charge in [-0.05, 0) is 6.92 Å². The van der Waals surface area contributed by atoms with Crippen molar-refractivity contribution in [2.45, 2.75) is 20.3 Å². The van der Waals surface area contributed by atoms with Gasteiger partial charge in [0, 0.05) is 6.42 Å². The summed E-state index contributed by atoms with van der Waals surface area (Å²) >= 11 is 0. The first-order valence-electron chi connectivity index (χ1n) is 3.71. The van der Waals surface area contributed by atoms with Crippen LogP contribution in [0.4, 0.5) is 0 Å². The average molecular weight is 212 g/mol. The van der Waals surface area contributed by atoms with Gasteiger partial charge in [-0.15, -0.1) is 0 Å². The summed E-state index contributed by atoms with van der Waals surface area (Å²) in [5, 5.41) is 0. The number of ether oxygens (including phenoxy) is 1. The summed E-state index contributed by atoms with van der Waals surface area (Å²) in [6.07, 6.45) is 0.165. The van der Waals surface area contributed by atoms with Crippen LogP contribution in [0.1, 0.15) is 20.3 Å². The van der Waals surface area contributed by atoms with Crippen LogP contribution in [0.5, 0.6) is 0 Å². The number of hydrogen-bond acceptors (Lipinski definition) is 6. The second-order valence-corrected chi connectivity index (χ2v) is 3.21. The molecule has 0 aliphatic rings. The molecule has 0 amide bonds. The van der Waals surface area contributed by atoms with Crippen molar-refractivity contribution in [2.24, 2.45) is 0 Å². The first-order valence-corrected chi connectivity index (χ1v) is 5.04. The normalized spacial score (nSPS) is 11.2. The van der Waals surface area contributed by atoms with Crippen LogP contribution >= 0.6 is 0 Å². The summed E-state index contributed by atoms with van der Waals surface area (Å²) in [6.45, 7) is 2.41. The van der Waals surface area contributed by atoms with E-state index in [0.29, 0.717) is 0 Å². The third-order valence-electron chi connectivity index (χ3n) is 0.963. The minimum atomic E-state index is -4.01. The highest BCUT2D eigenvalue weighted by Gasteiger charge is 2.11. The molecule has 6 nitrogen and oxygen atoms in total. The van der Waals surface area contributed by atoms with E-state index in [-0.39, 0.29) is 13.0 Å². The zero-order valence-corrected chi connectivity index (χ0v) is 8.30. The number of carbonyl (C=O) groups is 1. The molecule has 0 radical (unpaired) electrons. The first kappa shape index (κ1) is 12.3. The zero-order valence-electron chi connectivity index (χ0n) is 7.48. The van der Waals surface area contributed by atoms with Gasteiger partial charge in [-0.2, -0.15) is 8.42 Å². The molecule has 13 heavy (non-hydrogen) atoms. The molecule has 0 fully saturated rings. The topological polar surface area (TPSA) is 78.9 Å². The molecule has 0 aromatic heterocycles. The fraction of sp³-hybridized carbons (Fsp3) is 0.833. The van der Waals surface area contributed by atoms with E-state index < -0.39 is 23.2 Å². The Morgan fingerprint density at radius 3 is 2.31 bits per heavy atom. The summed E-state index contributed by atoms with van der Waals surface area (Å²) < 4.78 is 34.0. The molecule has 0 aliphatic heterocycles. The van der Waals surface area contributed by atoms with Crippen LogP contribution in [-0.4, -0.2) is 27.8 Å². The van der Waals surface area contributed by atoms with Crippen LogP contribution < -0.4 is 0 Å². The summed E-state index contributed by atoms with van der Waals surface area (Å²) in [6, 6.07) is 0. The lowest BCUT2D eigenvalue weighted by Gasteiger charge is -2.04. The van der Waals surface area contributed by atoms with Gasteiger partial charge >= 0.3 is 16.4 Å². The molecule has 0 atom stereocenters. The Kier molecular flexibility index (Phi) is 5.60. The van der Waals surface area contributed by atoms with Gasteiger partial charge in [0.05, 0.1) is 6.61 Å². The Morgan fingerprint density at radius 2 is 1.85 bits per heavy atom. The van der Waals surface area contributed by atoms with Crippen molar-refractivity contribution in [3.63, 3.8) is 0 Å². The predicted molar refractivity (Wildman–Crippen MR) is 42.9 cm³/mol. The van der Waals surface area contributed by atoms with Crippen LogP contribution in [0.25, 0.3) is 0 Å². The van der Waals surface area contributed by atoms with E-state index in [0.717, 1.165) is 0 Å². The van der Waals surface area contributed by atoms with E-state index in [1.54, 1.807) is 6.92 Å². The molecular weight excluding hydrogens is 200 g/mol. The highest BCUT2D eigenvalue weighted by molar-refractivity contribution is 7.81. The van der Waals surface area contributed by atoms with Crippen LogP contribution in [-0.2, 0) is 28.3 Å². The van der Waals surface area contributed by atoms with Crippen molar-refractivity contribution in [1.29, 1.82) is 0 Å². The standard InChI is InChI=1S/C6H12O6S/c1-3-6(7)10-5-12-13(8,9)11-4-2/h3-5H2,1-2H3. The van der Waals surface area contributed by atoms with E-state index in [1.165, 1.54) is 6.92 Å². The second-order valence-electron chi connectivity index (χ2n) is 1.92. The highest BCUT2D eigenvalue weighted by atomic mass is 32.3. The van der Waals surface area contributed by atoms with E-state index in [2.05, 4.69) is 13.1 Å². The fourth-order valence-corrected chi connectivity index (χ4v) is 0.952. The number of rotatable bonds is 6. The molecule has 0 aromatic carbocycles. The van der Waals surface area contributed by atoms with Gasteiger partial charge in [-0.1, -0.05) is 6.92 Å². The van der Waals surface area contributed by atoms with Crippen molar-refractivity contribution < 1.29 is 26.3 Å². The smallest absolute Gasteiger partial charge is 0.402 e. The largest absolute Gasteiger partial charge is 0.437 e. The van der Waals surface area contributed by atoms with Crippen molar-refractivity contribution >= 4 is 16.4 Å². The Morgan fingerprint density at radius 1 is 1.23 bits per heavy atom. The first-order chi connectivity index (χ1) is 6.02. The molecule has 0 bridgehead atoms. The lowest BCUT2D eigenvalue weighted by atomic mass is 10.5.